The molecule has 0 amide bonds. The monoisotopic (exact) mass is 222 g/mol. The van der Waals surface area contributed by atoms with Gasteiger partial charge in [0.25, 0.3) is 0 Å². The van der Waals surface area contributed by atoms with Crippen LogP contribution < -0.4 is 11.5 Å². The summed E-state index contributed by atoms with van der Waals surface area (Å²) in [6.45, 7) is 5.97. The van der Waals surface area contributed by atoms with Gasteiger partial charge in [-0.15, -0.1) is 24.8 Å². The number of anilines is 2. The Balaban J connectivity index is 0. The van der Waals surface area contributed by atoms with E-state index in [1.54, 1.807) is 0 Å². The molecule has 0 aliphatic heterocycles. The van der Waals surface area contributed by atoms with Crippen LogP contribution in [0, 0.1) is 20.8 Å². The smallest absolute Gasteiger partial charge is 0.0396 e. The lowest BCUT2D eigenvalue weighted by molar-refractivity contribution is 1.31. The predicted octanol–water partition coefficient (Wildman–Crippen LogP) is 2.62. The van der Waals surface area contributed by atoms with Crippen molar-refractivity contribution in [3.63, 3.8) is 0 Å². The van der Waals surface area contributed by atoms with Crippen LogP contribution in [-0.2, 0) is 0 Å². The van der Waals surface area contributed by atoms with E-state index in [0.717, 1.165) is 28.1 Å². The van der Waals surface area contributed by atoms with Crippen molar-refractivity contribution in [2.24, 2.45) is 0 Å². The van der Waals surface area contributed by atoms with Crippen molar-refractivity contribution >= 4 is 36.2 Å². The lowest BCUT2D eigenvalue weighted by atomic mass is 10.0. The number of hydrogen-bond acceptors (Lipinski definition) is 2. The summed E-state index contributed by atoms with van der Waals surface area (Å²) in [4.78, 5) is 0. The van der Waals surface area contributed by atoms with Gasteiger partial charge in [-0.2, -0.15) is 0 Å². The van der Waals surface area contributed by atoms with Crippen LogP contribution >= 0.6 is 24.8 Å². The number of nitrogens with two attached hydrogens (primary N) is 2. The predicted molar refractivity (Wildman–Crippen MR) is 64.0 cm³/mol. The first-order chi connectivity index (χ1) is 5.04. The van der Waals surface area contributed by atoms with Crippen molar-refractivity contribution in [1.29, 1.82) is 0 Å². The Bertz CT molecular complexity index is 272. The molecular weight excluding hydrogens is 207 g/mol. The summed E-state index contributed by atoms with van der Waals surface area (Å²) in [7, 11) is 0. The first-order valence-electron chi connectivity index (χ1n) is 3.65. The van der Waals surface area contributed by atoms with E-state index < -0.39 is 0 Å². The SMILES string of the molecule is Cc1cc(N)c(C)c(N)c1C.Cl.Cl. The summed E-state index contributed by atoms with van der Waals surface area (Å²) in [5.74, 6) is 0. The largest absolute Gasteiger partial charge is 0.398 e. The molecule has 0 aliphatic rings. The molecule has 0 saturated heterocycles. The quantitative estimate of drug-likeness (QED) is 0.664. The van der Waals surface area contributed by atoms with E-state index in [-0.39, 0.29) is 24.8 Å². The number of hydrogen-bond donors (Lipinski definition) is 2. The fourth-order valence-electron chi connectivity index (χ4n) is 1.10. The van der Waals surface area contributed by atoms with Gasteiger partial charge in [0.2, 0.25) is 0 Å². The van der Waals surface area contributed by atoms with Gasteiger partial charge >= 0.3 is 0 Å². The summed E-state index contributed by atoms with van der Waals surface area (Å²) in [6.07, 6.45) is 0. The van der Waals surface area contributed by atoms with E-state index in [4.69, 9.17) is 11.5 Å². The van der Waals surface area contributed by atoms with Gasteiger partial charge in [-0.25, -0.2) is 0 Å². The zero-order valence-corrected chi connectivity index (χ0v) is 9.68. The number of halogens is 2. The zero-order valence-electron chi connectivity index (χ0n) is 8.05. The average molecular weight is 223 g/mol. The van der Waals surface area contributed by atoms with Crippen LogP contribution in [0.25, 0.3) is 0 Å². The third-order valence-corrected chi connectivity index (χ3v) is 2.20. The molecule has 0 saturated carbocycles. The highest BCUT2D eigenvalue weighted by atomic mass is 35.5. The summed E-state index contributed by atoms with van der Waals surface area (Å²) in [5.41, 5.74) is 16.4. The molecule has 0 atom stereocenters. The molecule has 0 unspecified atom stereocenters. The summed E-state index contributed by atoms with van der Waals surface area (Å²) in [6, 6.07) is 1.96. The van der Waals surface area contributed by atoms with Crippen molar-refractivity contribution in [1.82, 2.24) is 0 Å². The van der Waals surface area contributed by atoms with Crippen LogP contribution in [0.3, 0.4) is 0 Å². The van der Waals surface area contributed by atoms with Gasteiger partial charge in [0.1, 0.15) is 0 Å². The molecular formula is C9H16Cl2N2. The Morgan fingerprint density at radius 2 is 1.38 bits per heavy atom. The van der Waals surface area contributed by atoms with Crippen molar-refractivity contribution < 1.29 is 0 Å². The molecule has 0 heterocycles. The average Bonchev–Trinajstić information content (AvgIpc) is 1.97. The van der Waals surface area contributed by atoms with Gasteiger partial charge in [0.15, 0.2) is 0 Å². The highest BCUT2D eigenvalue weighted by Gasteiger charge is 2.03. The number of nitrogen functional groups attached to an aromatic ring is 2. The molecule has 0 aliphatic carbocycles. The molecule has 4 N–H and O–H groups in total. The van der Waals surface area contributed by atoms with E-state index in [2.05, 4.69) is 0 Å². The molecule has 76 valence electrons. The lowest BCUT2D eigenvalue weighted by Gasteiger charge is -2.09. The minimum absolute atomic E-state index is 0. The first-order valence-corrected chi connectivity index (χ1v) is 3.65. The second kappa shape index (κ2) is 5.20. The topological polar surface area (TPSA) is 52.0 Å². The third-order valence-electron chi connectivity index (χ3n) is 2.20. The highest BCUT2D eigenvalue weighted by molar-refractivity contribution is 5.85. The Labute approximate surface area is 91.5 Å². The number of rotatable bonds is 0. The minimum Gasteiger partial charge on any atom is -0.398 e. The van der Waals surface area contributed by atoms with Crippen molar-refractivity contribution in [2.45, 2.75) is 20.8 Å². The van der Waals surface area contributed by atoms with E-state index in [1.165, 1.54) is 0 Å². The van der Waals surface area contributed by atoms with E-state index >= 15 is 0 Å². The fraction of sp³-hybridized carbons (Fsp3) is 0.333. The van der Waals surface area contributed by atoms with Gasteiger partial charge in [-0.05, 0) is 43.5 Å². The van der Waals surface area contributed by atoms with Crippen molar-refractivity contribution in [3.8, 4) is 0 Å². The van der Waals surface area contributed by atoms with Gasteiger partial charge in [0, 0.05) is 11.4 Å². The molecule has 1 rings (SSSR count). The van der Waals surface area contributed by atoms with Crippen molar-refractivity contribution in [2.75, 3.05) is 11.5 Å². The Morgan fingerprint density at radius 3 is 1.85 bits per heavy atom. The Morgan fingerprint density at radius 1 is 0.923 bits per heavy atom. The second-order valence-electron chi connectivity index (χ2n) is 2.95. The normalized spacial score (nSPS) is 8.54. The Hall–Kier alpha value is -0.600. The van der Waals surface area contributed by atoms with E-state index in [0.29, 0.717) is 0 Å². The first kappa shape index (κ1) is 14.9. The maximum atomic E-state index is 5.80. The van der Waals surface area contributed by atoms with Crippen LogP contribution in [0.1, 0.15) is 16.7 Å². The molecule has 1 aromatic rings. The van der Waals surface area contributed by atoms with Crippen LogP contribution in [-0.4, -0.2) is 0 Å². The van der Waals surface area contributed by atoms with Gasteiger partial charge in [-0.1, -0.05) is 0 Å². The summed E-state index contributed by atoms with van der Waals surface area (Å²) >= 11 is 0. The standard InChI is InChI=1S/C9H14N2.2ClH/c1-5-4-8(10)7(3)9(11)6(5)2;;/h4H,10-11H2,1-3H3;2*1H. The van der Waals surface area contributed by atoms with Crippen LogP contribution in [0.4, 0.5) is 11.4 Å². The van der Waals surface area contributed by atoms with E-state index in [9.17, 15) is 0 Å². The molecule has 0 radical (unpaired) electrons. The fourth-order valence-corrected chi connectivity index (χ4v) is 1.10. The molecule has 13 heavy (non-hydrogen) atoms. The zero-order chi connectivity index (χ0) is 8.59. The molecule has 1 aromatic carbocycles. The Kier molecular flexibility index (Phi) is 5.96. The lowest BCUT2D eigenvalue weighted by Crippen LogP contribution is -2.00. The van der Waals surface area contributed by atoms with Crippen LogP contribution in [0.15, 0.2) is 6.07 Å². The van der Waals surface area contributed by atoms with Gasteiger partial charge in [-0.3, -0.25) is 0 Å². The van der Waals surface area contributed by atoms with Crippen LogP contribution in [0.5, 0.6) is 0 Å². The minimum atomic E-state index is 0. The van der Waals surface area contributed by atoms with E-state index in [1.807, 2.05) is 26.8 Å². The van der Waals surface area contributed by atoms with Crippen molar-refractivity contribution in [3.05, 3.63) is 22.8 Å². The number of aryl methyl sites for hydroxylation is 1. The molecule has 0 fully saturated rings. The maximum Gasteiger partial charge on any atom is 0.0396 e. The van der Waals surface area contributed by atoms with Crippen LogP contribution in [0.2, 0.25) is 0 Å². The second-order valence-corrected chi connectivity index (χ2v) is 2.95. The molecule has 2 nitrogen and oxygen atoms in total. The van der Waals surface area contributed by atoms with Gasteiger partial charge < -0.3 is 11.5 Å². The number of benzene rings is 1. The molecule has 4 heteroatoms. The molecule has 0 bridgehead atoms. The molecule has 0 aromatic heterocycles. The highest BCUT2D eigenvalue weighted by Crippen LogP contribution is 2.25. The summed E-state index contributed by atoms with van der Waals surface area (Å²) in [5, 5.41) is 0. The summed E-state index contributed by atoms with van der Waals surface area (Å²) < 4.78 is 0. The molecule has 0 spiro atoms. The maximum absolute atomic E-state index is 5.80. The third kappa shape index (κ3) is 2.68. The van der Waals surface area contributed by atoms with Gasteiger partial charge in [0.05, 0.1) is 0 Å².